The van der Waals surface area contributed by atoms with Gasteiger partial charge >= 0.3 is 5.63 Å². The average molecular weight is 361 g/mol. The zero-order valence-corrected chi connectivity index (χ0v) is 14.6. The predicted molar refractivity (Wildman–Crippen MR) is 99.6 cm³/mol. The van der Waals surface area contributed by atoms with Crippen molar-refractivity contribution in [2.75, 3.05) is 5.32 Å². The van der Waals surface area contributed by atoms with Crippen molar-refractivity contribution < 1.29 is 13.8 Å². The molecule has 0 spiro atoms. The molecule has 0 atom stereocenters. The van der Waals surface area contributed by atoms with E-state index in [4.69, 9.17) is 9.05 Å². The topological polar surface area (TPSA) is 98.2 Å². The number of hydrogen-bond donors (Lipinski definition) is 1. The number of carbonyl (C=O) groups is 1. The number of fused-ring (bicyclic) bond motifs is 1. The van der Waals surface area contributed by atoms with Gasteiger partial charge in [-0.2, -0.15) is 0 Å². The molecule has 0 saturated carbocycles. The lowest BCUT2D eigenvalue weighted by atomic mass is 10.0. The highest BCUT2D eigenvalue weighted by Gasteiger charge is 2.20. The smallest absolute Gasteiger partial charge is 0.349 e. The van der Waals surface area contributed by atoms with E-state index in [2.05, 4.69) is 15.6 Å². The van der Waals surface area contributed by atoms with Gasteiger partial charge < -0.3 is 9.73 Å². The molecular formula is C20H15N3O4. The first-order valence-electron chi connectivity index (χ1n) is 8.27. The van der Waals surface area contributed by atoms with Gasteiger partial charge in [0.1, 0.15) is 11.1 Å². The van der Waals surface area contributed by atoms with Gasteiger partial charge in [-0.1, -0.05) is 35.9 Å². The van der Waals surface area contributed by atoms with Crippen molar-refractivity contribution in [1.29, 1.82) is 0 Å². The van der Waals surface area contributed by atoms with Crippen LogP contribution in [0.15, 0.2) is 62.4 Å². The van der Waals surface area contributed by atoms with Crippen LogP contribution in [0.3, 0.4) is 0 Å². The summed E-state index contributed by atoms with van der Waals surface area (Å²) in [6.45, 7) is 3.88. The Hall–Kier alpha value is -3.74. The molecule has 0 aliphatic rings. The molecule has 0 radical (unpaired) electrons. The molecule has 7 heteroatoms. The fraction of sp³-hybridized carbons (Fsp3) is 0.100. The highest BCUT2D eigenvalue weighted by Crippen LogP contribution is 2.28. The van der Waals surface area contributed by atoms with E-state index in [1.807, 2.05) is 32.0 Å². The van der Waals surface area contributed by atoms with Crippen LogP contribution in [0.4, 0.5) is 5.82 Å². The molecule has 1 N–H and O–H groups in total. The van der Waals surface area contributed by atoms with Crippen molar-refractivity contribution in [2.45, 2.75) is 13.8 Å². The Bertz CT molecular complexity index is 1220. The third-order valence-electron chi connectivity index (χ3n) is 4.25. The molecule has 0 aliphatic carbocycles. The van der Waals surface area contributed by atoms with Gasteiger partial charge in [0.05, 0.1) is 0 Å². The van der Waals surface area contributed by atoms with Crippen molar-refractivity contribution in [2.24, 2.45) is 0 Å². The van der Waals surface area contributed by atoms with E-state index in [-0.39, 0.29) is 11.4 Å². The molecular weight excluding hydrogens is 346 g/mol. The molecule has 7 nitrogen and oxygen atoms in total. The summed E-state index contributed by atoms with van der Waals surface area (Å²) >= 11 is 0. The number of rotatable bonds is 3. The van der Waals surface area contributed by atoms with Crippen LogP contribution in [-0.4, -0.2) is 16.2 Å². The lowest BCUT2D eigenvalue weighted by molar-refractivity contribution is 0.102. The van der Waals surface area contributed by atoms with Crippen LogP contribution in [0.25, 0.3) is 22.2 Å². The van der Waals surface area contributed by atoms with Gasteiger partial charge in [0, 0.05) is 10.9 Å². The van der Waals surface area contributed by atoms with Gasteiger partial charge in [0.2, 0.25) is 5.82 Å². The summed E-state index contributed by atoms with van der Waals surface area (Å²) in [5, 5.41) is 10.9. The second-order valence-electron chi connectivity index (χ2n) is 6.22. The summed E-state index contributed by atoms with van der Waals surface area (Å²) in [6, 6.07) is 14.3. The molecule has 0 fully saturated rings. The third kappa shape index (κ3) is 3.10. The first-order chi connectivity index (χ1) is 13.0. The molecule has 0 bridgehead atoms. The highest BCUT2D eigenvalue weighted by molar-refractivity contribution is 6.06. The molecule has 0 aliphatic heterocycles. The Labute approximate surface area is 153 Å². The standard InChI is InChI=1S/C20H15N3O4/c1-11-7-8-12(2)14(9-11)17-18(23-27-22-17)21-19(24)15-10-13-5-3-4-6-16(13)26-20(15)25/h3-10H,1-2H3,(H,21,23,24). The second-order valence-corrected chi connectivity index (χ2v) is 6.22. The molecule has 2 aromatic carbocycles. The first kappa shape index (κ1) is 16.7. The Balaban J connectivity index is 1.71. The lowest BCUT2D eigenvalue weighted by Crippen LogP contribution is -2.21. The SMILES string of the molecule is Cc1ccc(C)c(-c2nonc2NC(=O)c2cc3ccccc3oc2=O)c1. The maximum atomic E-state index is 12.6. The number of anilines is 1. The molecule has 27 heavy (non-hydrogen) atoms. The molecule has 1 amide bonds. The zero-order chi connectivity index (χ0) is 19.0. The minimum atomic E-state index is -0.726. The highest BCUT2D eigenvalue weighted by atomic mass is 16.6. The Morgan fingerprint density at radius 1 is 1.04 bits per heavy atom. The summed E-state index contributed by atoms with van der Waals surface area (Å²) < 4.78 is 10.0. The average Bonchev–Trinajstić information content (AvgIpc) is 3.11. The number of para-hydroxylation sites is 1. The molecule has 2 aromatic heterocycles. The largest absolute Gasteiger partial charge is 0.422 e. The number of carbonyl (C=O) groups excluding carboxylic acids is 1. The number of hydrogen-bond acceptors (Lipinski definition) is 6. The zero-order valence-electron chi connectivity index (χ0n) is 14.6. The summed E-state index contributed by atoms with van der Waals surface area (Å²) in [5.41, 5.74) is 2.74. The van der Waals surface area contributed by atoms with Crippen LogP contribution < -0.4 is 10.9 Å². The van der Waals surface area contributed by atoms with E-state index in [9.17, 15) is 9.59 Å². The van der Waals surface area contributed by atoms with Crippen molar-refractivity contribution in [3.8, 4) is 11.3 Å². The van der Waals surface area contributed by atoms with Crippen LogP contribution in [-0.2, 0) is 0 Å². The monoisotopic (exact) mass is 361 g/mol. The van der Waals surface area contributed by atoms with Crippen molar-refractivity contribution in [3.63, 3.8) is 0 Å². The lowest BCUT2D eigenvalue weighted by Gasteiger charge is -2.06. The summed E-state index contributed by atoms with van der Waals surface area (Å²) in [5.74, 6) is -0.502. The number of nitrogens with one attached hydrogen (secondary N) is 1. The van der Waals surface area contributed by atoms with Gasteiger partial charge in [-0.05, 0) is 47.9 Å². The molecule has 2 heterocycles. The quantitative estimate of drug-likeness (QED) is 0.559. The third-order valence-corrected chi connectivity index (χ3v) is 4.25. The fourth-order valence-electron chi connectivity index (χ4n) is 2.83. The van der Waals surface area contributed by atoms with E-state index in [1.165, 1.54) is 6.07 Å². The fourth-order valence-corrected chi connectivity index (χ4v) is 2.83. The minimum absolute atomic E-state index is 0.122. The van der Waals surface area contributed by atoms with Crippen LogP contribution in [0.2, 0.25) is 0 Å². The van der Waals surface area contributed by atoms with Gasteiger partial charge in [0.15, 0.2) is 5.69 Å². The summed E-state index contributed by atoms with van der Waals surface area (Å²) in [4.78, 5) is 24.8. The van der Waals surface area contributed by atoms with Crippen molar-refractivity contribution in [1.82, 2.24) is 10.3 Å². The first-order valence-corrected chi connectivity index (χ1v) is 8.27. The van der Waals surface area contributed by atoms with E-state index < -0.39 is 11.5 Å². The Kier molecular flexibility index (Phi) is 4.04. The van der Waals surface area contributed by atoms with E-state index in [0.717, 1.165) is 16.7 Å². The minimum Gasteiger partial charge on any atom is -0.422 e. The number of aromatic nitrogens is 2. The van der Waals surface area contributed by atoms with E-state index >= 15 is 0 Å². The number of benzene rings is 2. The van der Waals surface area contributed by atoms with Crippen LogP contribution >= 0.6 is 0 Å². The summed E-state index contributed by atoms with van der Waals surface area (Å²) in [6.07, 6.45) is 0. The van der Waals surface area contributed by atoms with E-state index in [1.54, 1.807) is 24.3 Å². The second kappa shape index (κ2) is 6.53. The van der Waals surface area contributed by atoms with Crippen LogP contribution in [0, 0.1) is 13.8 Å². The maximum absolute atomic E-state index is 12.6. The summed E-state index contributed by atoms with van der Waals surface area (Å²) in [7, 11) is 0. The Morgan fingerprint density at radius 3 is 2.70 bits per heavy atom. The Morgan fingerprint density at radius 2 is 1.85 bits per heavy atom. The molecule has 0 unspecified atom stereocenters. The molecule has 4 rings (SSSR count). The van der Waals surface area contributed by atoms with Crippen molar-refractivity contribution in [3.05, 3.63) is 75.6 Å². The predicted octanol–water partition coefficient (Wildman–Crippen LogP) is 3.71. The van der Waals surface area contributed by atoms with Crippen molar-refractivity contribution >= 4 is 22.7 Å². The van der Waals surface area contributed by atoms with Gasteiger partial charge in [-0.25, -0.2) is 9.42 Å². The molecule has 134 valence electrons. The van der Waals surface area contributed by atoms with Gasteiger partial charge in [-0.15, -0.1) is 0 Å². The normalized spacial score (nSPS) is 10.9. The van der Waals surface area contributed by atoms with Gasteiger partial charge in [-0.3, -0.25) is 4.79 Å². The maximum Gasteiger partial charge on any atom is 0.349 e. The van der Waals surface area contributed by atoms with E-state index in [0.29, 0.717) is 16.7 Å². The molecule has 4 aromatic rings. The number of aryl methyl sites for hydroxylation is 2. The molecule has 0 saturated heterocycles. The van der Waals surface area contributed by atoms with Crippen LogP contribution in [0.1, 0.15) is 21.5 Å². The number of amides is 1. The number of nitrogens with zero attached hydrogens (tertiary/aromatic N) is 2. The van der Waals surface area contributed by atoms with Crippen LogP contribution in [0.5, 0.6) is 0 Å². The van der Waals surface area contributed by atoms with Gasteiger partial charge in [0.25, 0.3) is 5.91 Å².